The average Bonchev–Trinajstić information content (AvgIpc) is 3.38. The summed E-state index contributed by atoms with van der Waals surface area (Å²) in [6.07, 6.45) is 7.56. The van der Waals surface area contributed by atoms with Crippen molar-refractivity contribution >= 4 is 38.5 Å². The summed E-state index contributed by atoms with van der Waals surface area (Å²) in [4.78, 5) is 22.9. The molecule has 0 unspecified atom stereocenters. The molecule has 0 radical (unpaired) electrons. The fraction of sp³-hybridized carbons (Fsp3) is 0.579. The minimum absolute atomic E-state index is 0.127. The Bertz CT molecular complexity index is 693. The molecular weight excluding hydrogens is 350 g/mol. The number of para-hydroxylation sites is 2. The maximum Gasteiger partial charge on any atom is 0.223 e. The summed E-state index contributed by atoms with van der Waals surface area (Å²) >= 11 is 0. The van der Waals surface area contributed by atoms with Crippen molar-refractivity contribution in [3.8, 4) is 0 Å². The Labute approximate surface area is 156 Å². The molecule has 3 heterocycles. The molecule has 1 N–H and O–H groups in total. The SMILES string of the molecule is O=C(CCCC[C@H]1CCSS1)N1CCC[C@H]1c1nc2ccccc2[nH]1. The van der Waals surface area contributed by atoms with E-state index in [0.29, 0.717) is 12.3 Å². The fourth-order valence-corrected chi connectivity index (χ4v) is 6.86. The van der Waals surface area contributed by atoms with Crippen molar-refractivity contribution in [2.24, 2.45) is 0 Å². The molecule has 0 spiro atoms. The number of amides is 1. The Morgan fingerprint density at radius 1 is 1.28 bits per heavy atom. The number of rotatable bonds is 6. The zero-order valence-electron chi connectivity index (χ0n) is 14.4. The van der Waals surface area contributed by atoms with E-state index >= 15 is 0 Å². The smallest absolute Gasteiger partial charge is 0.223 e. The minimum Gasteiger partial charge on any atom is -0.340 e. The predicted octanol–water partition coefficient (Wildman–Crippen LogP) is 4.94. The van der Waals surface area contributed by atoms with Gasteiger partial charge in [0.1, 0.15) is 5.82 Å². The van der Waals surface area contributed by atoms with Gasteiger partial charge in [0.15, 0.2) is 0 Å². The van der Waals surface area contributed by atoms with E-state index in [1.54, 1.807) is 0 Å². The largest absolute Gasteiger partial charge is 0.340 e. The number of nitrogens with zero attached hydrogens (tertiary/aromatic N) is 2. The Morgan fingerprint density at radius 2 is 2.20 bits per heavy atom. The number of hydrogen-bond acceptors (Lipinski definition) is 4. The van der Waals surface area contributed by atoms with E-state index in [1.807, 2.05) is 45.9 Å². The van der Waals surface area contributed by atoms with Crippen molar-refractivity contribution in [2.45, 2.75) is 56.2 Å². The van der Waals surface area contributed by atoms with Crippen molar-refractivity contribution < 1.29 is 4.79 Å². The molecule has 2 aliphatic rings. The molecule has 6 heteroatoms. The van der Waals surface area contributed by atoms with Crippen molar-refractivity contribution in [1.29, 1.82) is 0 Å². The Kier molecular flexibility index (Phi) is 5.56. The number of aromatic nitrogens is 2. The van der Waals surface area contributed by atoms with Gasteiger partial charge in [-0.05, 0) is 44.2 Å². The third-order valence-corrected chi connectivity index (χ3v) is 8.20. The number of fused-ring (bicyclic) bond motifs is 1. The lowest BCUT2D eigenvalue weighted by molar-refractivity contribution is -0.132. The first-order chi connectivity index (χ1) is 12.3. The standard InChI is InChI=1S/C19H25N3OS2/c23-18(10-4-1-6-14-11-13-24-25-14)22-12-5-9-17(22)19-20-15-7-2-3-8-16(15)21-19/h2-3,7-8,14,17H,1,4-6,9-13H2,(H,20,21)/t14-,17-/m0/s1. The third-order valence-electron chi connectivity index (χ3n) is 5.19. The van der Waals surface area contributed by atoms with E-state index in [2.05, 4.69) is 9.88 Å². The lowest BCUT2D eigenvalue weighted by Crippen LogP contribution is -2.30. The van der Waals surface area contributed by atoms with Gasteiger partial charge in [0.2, 0.25) is 5.91 Å². The highest BCUT2D eigenvalue weighted by Crippen LogP contribution is 2.40. The zero-order valence-corrected chi connectivity index (χ0v) is 16.1. The number of unbranched alkanes of at least 4 members (excludes halogenated alkanes) is 1. The highest BCUT2D eigenvalue weighted by Gasteiger charge is 2.31. The van der Waals surface area contributed by atoms with E-state index in [1.165, 1.54) is 25.0 Å². The van der Waals surface area contributed by atoms with Gasteiger partial charge in [0, 0.05) is 24.0 Å². The maximum absolute atomic E-state index is 12.7. The molecule has 1 amide bonds. The third kappa shape index (κ3) is 4.00. The molecule has 2 fully saturated rings. The van der Waals surface area contributed by atoms with Crippen LogP contribution in [0.25, 0.3) is 11.0 Å². The average molecular weight is 376 g/mol. The molecule has 0 saturated carbocycles. The monoisotopic (exact) mass is 375 g/mol. The van der Waals surface area contributed by atoms with Gasteiger partial charge >= 0.3 is 0 Å². The number of imidazole rings is 1. The molecule has 1 aromatic heterocycles. The molecule has 1 aromatic carbocycles. The van der Waals surface area contributed by atoms with Crippen LogP contribution in [0.1, 0.15) is 56.8 Å². The summed E-state index contributed by atoms with van der Waals surface area (Å²) in [5, 5.41) is 0.815. The van der Waals surface area contributed by atoms with Crippen LogP contribution in [0.2, 0.25) is 0 Å². The van der Waals surface area contributed by atoms with E-state index in [4.69, 9.17) is 4.98 Å². The second kappa shape index (κ2) is 8.04. The van der Waals surface area contributed by atoms with Crippen LogP contribution >= 0.6 is 21.6 Å². The van der Waals surface area contributed by atoms with Crippen LogP contribution in [0.3, 0.4) is 0 Å². The molecule has 2 aromatic rings. The molecule has 4 rings (SSSR count). The normalized spacial score (nSPS) is 23.6. The van der Waals surface area contributed by atoms with Crippen molar-refractivity contribution in [2.75, 3.05) is 12.3 Å². The summed E-state index contributed by atoms with van der Waals surface area (Å²) in [5.74, 6) is 2.55. The Hall–Kier alpha value is -1.14. The van der Waals surface area contributed by atoms with E-state index in [-0.39, 0.29) is 6.04 Å². The first-order valence-corrected chi connectivity index (χ1v) is 11.7. The number of carbonyl (C=O) groups excluding carboxylic acids is 1. The van der Waals surface area contributed by atoms with E-state index in [9.17, 15) is 4.79 Å². The Morgan fingerprint density at radius 3 is 3.04 bits per heavy atom. The number of hydrogen-bond donors (Lipinski definition) is 1. The molecule has 0 aliphatic carbocycles. The molecule has 134 valence electrons. The summed E-state index contributed by atoms with van der Waals surface area (Å²) < 4.78 is 0. The quantitative estimate of drug-likeness (QED) is 0.574. The highest BCUT2D eigenvalue weighted by molar-refractivity contribution is 8.77. The summed E-state index contributed by atoms with van der Waals surface area (Å²) in [6, 6.07) is 8.22. The van der Waals surface area contributed by atoms with Crippen LogP contribution < -0.4 is 0 Å². The van der Waals surface area contributed by atoms with Gasteiger partial charge in [-0.1, -0.05) is 40.1 Å². The van der Waals surface area contributed by atoms with E-state index < -0.39 is 0 Å². The van der Waals surface area contributed by atoms with Crippen LogP contribution in [-0.2, 0) is 4.79 Å². The maximum atomic E-state index is 12.7. The van der Waals surface area contributed by atoms with Gasteiger partial charge < -0.3 is 9.88 Å². The van der Waals surface area contributed by atoms with Gasteiger partial charge in [-0.2, -0.15) is 0 Å². The number of carbonyl (C=O) groups is 1. The van der Waals surface area contributed by atoms with Crippen LogP contribution in [-0.4, -0.2) is 38.3 Å². The zero-order chi connectivity index (χ0) is 17.1. The summed E-state index contributed by atoms with van der Waals surface area (Å²) in [7, 11) is 4.03. The topological polar surface area (TPSA) is 49.0 Å². The number of H-pyrrole nitrogens is 1. The second-order valence-corrected chi connectivity index (χ2v) is 9.75. The summed E-state index contributed by atoms with van der Waals surface area (Å²) in [6.45, 7) is 0.871. The van der Waals surface area contributed by atoms with E-state index in [0.717, 1.165) is 47.9 Å². The Balaban J connectivity index is 1.33. The van der Waals surface area contributed by atoms with Crippen LogP contribution in [0.4, 0.5) is 0 Å². The number of aromatic amines is 1. The second-order valence-electron chi connectivity index (χ2n) is 6.96. The van der Waals surface area contributed by atoms with Gasteiger partial charge in [0.05, 0.1) is 17.1 Å². The van der Waals surface area contributed by atoms with Crippen molar-refractivity contribution in [1.82, 2.24) is 14.9 Å². The molecule has 4 nitrogen and oxygen atoms in total. The first-order valence-electron chi connectivity index (χ1n) is 9.33. The molecular formula is C19H25N3OS2. The van der Waals surface area contributed by atoms with Crippen molar-refractivity contribution in [3.63, 3.8) is 0 Å². The molecule has 2 saturated heterocycles. The summed E-state index contributed by atoms with van der Waals surface area (Å²) in [5.41, 5.74) is 2.05. The number of likely N-dealkylation sites (tertiary alicyclic amines) is 1. The van der Waals surface area contributed by atoms with Gasteiger partial charge in [-0.25, -0.2) is 4.98 Å². The molecule has 2 aliphatic heterocycles. The van der Waals surface area contributed by atoms with Gasteiger partial charge in [-0.15, -0.1) is 0 Å². The lowest BCUT2D eigenvalue weighted by Gasteiger charge is -2.23. The minimum atomic E-state index is 0.127. The molecule has 0 bridgehead atoms. The van der Waals surface area contributed by atoms with Crippen LogP contribution in [0.5, 0.6) is 0 Å². The molecule has 2 atom stereocenters. The van der Waals surface area contributed by atoms with Crippen LogP contribution in [0.15, 0.2) is 24.3 Å². The predicted molar refractivity (Wildman–Crippen MR) is 107 cm³/mol. The number of nitrogens with one attached hydrogen (secondary N) is 1. The van der Waals surface area contributed by atoms with Gasteiger partial charge in [-0.3, -0.25) is 4.79 Å². The highest BCUT2D eigenvalue weighted by atomic mass is 33.1. The van der Waals surface area contributed by atoms with Crippen molar-refractivity contribution in [3.05, 3.63) is 30.1 Å². The first kappa shape index (κ1) is 17.3. The fourth-order valence-electron chi connectivity index (χ4n) is 3.84. The van der Waals surface area contributed by atoms with Crippen LogP contribution in [0, 0.1) is 0 Å². The number of benzene rings is 1. The van der Waals surface area contributed by atoms with Gasteiger partial charge in [0.25, 0.3) is 0 Å². The molecule has 25 heavy (non-hydrogen) atoms. The lowest BCUT2D eigenvalue weighted by atomic mass is 10.1.